The largest absolute Gasteiger partial charge is 0.355 e. The van der Waals surface area contributed by atoms with Crippen molar-refractivity contribution in [1.29, 1.82) is 5.26 Å². The lowest BCUT2D eigenvalue weighted by molar-refractivity contribution is -0.119. The van der Waals surface area contributed by atoms with E-state index in [2.05, 4.69) is 16.4 Å². The molecule has 1 aliphatic rings. The molecule has 1 aromatic heterocycles. The normalized spacial score (nSPS) is 20.2. The van der Waals surface area contributed by atoms with Crippen molar-refractivity contribution in [2.75, 3.05) is 6.54 Å². The second kappa shape index (κ2) is 3.46. The van der Waals surface area contributed by atoms with Crippen molar-refractivity contribution in [2.45, 2.75) is 12.3 Å². The summed E-state index contributed by atoms with van der Waals surface area (Å²) in [6, 6.07) is 3.89. The number of carbonyl (C=O) groups is 1. The van der Waals surface area contributed by atoms with Gasteiger partial charge in [-0.3, -0.25) is 9.78 Å². The van der Waals surface area contributed by atoms with Crippen LogP contribution in [0.2, 0.25) is 0 Å². The minimum absolute atomic E-state index is 0.0516. The van der Waals surface area contributed by atoms with E-state index in [0.717, 1.165) is 5.56 Å². The van der Waals surface area contributed by atoms with Crippen LogP contribution in [0.1, 0.15) is 23.5 Å². The van der Waals surface area contributed by atoms with Crippen molar-refractivity contribution >= 4 is 5.91 Å². The molecule has 1 atom stereocenters. The number of hydrogen-bond donors (Lipinski definition) is 1. The van der Waals surface area contributed by atoms with Crippen LogP contribution >= 0.6 is 0 Å². The summed E-state index contributed by atoms with van der Waals surface area (Å²) in [5.74, 6) is 0.177. The molecule has 1 unspecified atom stereocenters. The van der Waals surface area contributed by atoms with Crippen LogP contribution in [0.5, 0.6) is 0 Å². The van der Waals surface area contributed by atoms with Gasteiger partial charge in [0.1, 0.15) is 6.07 Å². The Labute approximate surface area is 81.6 Å². The molecule has 4 nitrogen and oxygen atoms in total. The van der Waals surface area contributed by atoms with Gasteiger partial charge in [-0.25, -0.2) is 0 Å². The standard InChI is InChI=1S/C10H9N3O/c11-4-8-5-12-2-1-9(8)7-3-10(14)13-6-7/h1-2,5,7H,3,6H2,(H,13,14). The molecule has 0 spiro atoms. The molecule has 0 radical (unpaired) electrons. The summed E-state index contributed by atoms with van der Waals surface area (Å²) in [4.78, 5) is 14.9. The summed E-state index contributed by atoms with van der Waals surface area (Å²) >= 11 is 0. The van der Waals surface area contributed by atoms with Crippen molar-refractivity contribution in [3.8, 4) is 6.07 Å². The third kappa shape index (κ3) is 1.44. The smallest absolute Gasteiger partial charge is 0.220 e. The molecule has 1 amide bonds. The van der Waals surface area contributed by atoms with E-state index in [-0.39, 0.29) is 11.8 Å². The van der Waals surface area contributed by atoms with E-state index in [1.54, 1.807) is 6.20 Å². The van der Waals surface area contributed by atoms with Crippen LogP contribution in [0.4, 0.5) is 0 Å². The van der Waals surface area contributed by atoms with E-state index in [1.807, 2.05) is 6.07 Å². The first-order valence-corrected chi connectivity index (χ1v) is 4.42. The average Bonchev–Trinajstić information content (AvgIpc) is 2.65. The van der Waals surface area contributed by atoms with Gasteiger partial charge in [0.05, 0.1) is 5.56 Å². The maximum Gasteiger partial charge on any atom is 0.220 e. The first kappa shape index (κ1) is 8.70. The molecule has 0 saturated carbocycles. The fourth-order valence-corrected chi connectivity index (χ4v) is 1.68. The Morgan fingerprint density at radius 2 is 2.50 bits per heavy atom. The minimum atomic E-state index is 0.0516. The summed E-state index contributed by atoms with van der Waals surface area (Å²) in [7, 11) is 0. The van der Waals surface area contributed by atoms with Crippen LogP contribution in [0.15, 0.2) is 18.5 Å². The molecule has 0 bridgehead atoms. The monoisotopic (exact) mass is 187 g/mol. The van der Waals surface area contributed by atoms with Crippen molar-refractivity contribution in [1.82, 2.24) is 10.3 Å². The lowest BCUT2D eigenvalue weighted by Crippen LogP contribution is -2.13. The van der Waals surface area contributed by atoms with Gasteiger partial charge in [-0.15, -0.1) is 0 Å². The number of carbonyl (C=O) groups excluding carboxylic acids is 1. The quantitative estimate of drug-likeness (QED) is 0.698. The number of amides is 1. The van der Waals surface area contributed by atoms with E-state index in [0.29, 0.717) is 18.5 Å². The van der Waals surface area contributed by atoms with Crippen LogP contribution in [-0.4, -0.2) is 17.4 Å². The Morgan fingerprint density at radius 1 is 1.64 bits per heavy atom. The van der Waals surface area contributed by atoms with Gasteiger partial charge < -0.3 is 5.32 Å². The molecule has 70 valence electrons. The van der Waals surface area contributed by atoms with Crippen LogP contribution < -0.4 is 5.32 Å². The van der Waals surface area contributed by atoms with E-state index >= 15 is 0 Å². The summed E-state index contributed by atoms with van der Waals surface area (Å²) in [6.45, 7) is 0.623. The van der Waals surface area contributed by atoms with Gasteiger partial charge in [0.15, 0.2) is 0 Å². The fourth-order valence-electron chi connectivity index (χ4n) is 1.68. The third-order valence-corrected chi connectivity index (χ3v) is 2.39. The Bertz CT molecular complexity index is 408. The molecule has 2 heterocycles. The van der Waals surface area contributed by atoms with E-state index < -0.39 is 0 Å². The predicted molar refractivity (Wildman–Crippen MR) is 49.3 cm³/mol. The molecular weight excluding hydrogens is 178 g/mol. The van der Waals surface area contributed by atoms with Gasteiger partial charge in [0, 0.05) is 31.3 Å². The molecule has 14 heavy (non-hydrogen) atoms. The highest BCUT2D eigenvalue weighted by Gasteiger charge is 2.24. The maximum atomic E-state index is 11.0. The zero-order valence-corrected chi connectivity index (χ0v) is 7.53. The first-order valence-electron chi connectivity index (χ1n) is 4.42. The number of hydrogen-bond acceptors (Lipinski definition) is 3. The number of nitrogens with one attached hydrogen (secondary N) is 1. The van der Waals surface area contributed by atoms with Crippen LogP contribution in [0.3, 0.4) is 0 Å². The predicted octanol–water partition coefficient (Wildman–Crippen LogP) is 0.557. The molecular formula is C10H9N3O. The van der Waals surface area contributed by atoms with E-state index in [9.17, 15) is 4.79 Å². The second-order valence-corrected chi connectivity index (χ2v) is 3.28. The molecule has 1 N–H and O–H groups in total. The zero-order chi connectivity index (χ0) is 9.97. The molecule has 1 aliphatic heterocycles. The van der Waals surface area contributed by atoms with Gasteiger partial charge in [-0.1, -0.05) is 0 Å². The highest BCUT2D eigenvalue weighted by molar-refractivity contribution is 5.79. The topological polar surface area (TPSA) is 65.8 Å². The summed E-state index contributed by atoms with van der Waals surface area (Å²) in [6.07, 6.45) is 3.66. The zero-order valence-electron chi connectivity index (χ0n) is 7.53. The fraction of sp³-hybridized carbons (Fsp3) is 0.300. The third-order valence-electron chi connectivity index (χ3n) is 2.39. The Hall–Kier alpha value is -1.89. The molecule has 0 aliphatic carbocycles. The van der Waals surface area contributed by atoms with Gasteiger partial charge in [-0.05, 0) is 11.6 Å². The molecule has 1 saturated heterocycles. The van der Waals surface area contributed by atoms with Crippen molar-refractivity contribution < 1.29 is 4.79 Å². The van der Waals surface area contributed by atoms with Gasteiger partial charge in [0.25, 0.3) is 0 Å². The SMILES string of the molecule is N#Cc1cnccc1C1CNC(=O)C1. The van der Waals surface area contributed by atoms with Crippen LogP contribution in [-0.2, 0) is 4.79 Å². The Kier molecular flexibility index (Phi) is 2.15. The minimum Gasteiger partial charge on any atom is -0.355 e. The number of nitriles is 1. The summed E-state index contributed by atoms with van der Waals surface area (Å²) in [5, 5.41) is 11.6. The molecule has 1 fully saturated rings. The van der Waals surface area contributed by atoms with Crippen LogP contribution in [0, 0.1) is 11.3 Å². The average molecular weight is 187 g/mol. The van der Waals surface area contributed by atoms with E-state index in [1.165, 1.54) is 6.20 Å². The second-order valence-electron chi connectivity index (χ2n) is 3.28. The summed E-state index contributed by atoms with van der Waals surface area (Å²) < 4.78 is 0. The Balaban J connectivity index is 2.33. The number of pyridine rings is 1. The van der Waals surface area contributed by atoms with Gasteiger partial charge in [0.2, 0.25) is 5.91 Å². The molecule has 2 rings (SSSR count). The van der Waals surface area contributed by atoms with Gasteiger partial charge >= 0.3 is 0 Å². The first-order chi connectivity index (χ1) is 6.81. The van der Waals surface area contributed by atoms with Gasteiger partial charge in [-0.2, -0.15) is 5.26 Å². The number of nitrogens with zero attached hydrogens (tertiary/aromatic N) is 2. The number of rotatable bonds is 1. The molecule has 1 aromatic rings. The summed E-state index contributed by atoms with van der Waals surface area (Å²) in [5.41, 5.74) is 1.48. The molecule has 0 aromatic carbocycles. The lowest BCUT2D eigenvalue weighted by Gasteiger charge is -2.08. The molecule has 4 heteroatoms. The van der Waals surface area contributed by atoms with E-state index in [4.69, 9.17) is 5.26 Å². The van der Waals surface area contributed by atoms with Crippen molar-refractivity contribution in [2.24, 2.45) is 0 Å². The van der Waals surface area contributed by atoms with Crippen molar-refractivity contribution in [3.05, 3.63) is 29.6 Å². The lowest BCUT2D eigenvalue weighted by atomic mass is 9.95. The van der Waals surface area contributed by atoms with Crippen LogP contribution in [0.25, 0.3) is 0 Å². The maximum absolute atomic E-state index is 11.0. The number of aromatic nitrogens is 1. The highest BCUT2D eigenvalue weighted by Crippen LogP contribution is 2.24. The Morgan fingerprint density at radius 3 is 3.14 bits per heavy atom. The highest BCUT2D eigenvalue weighted by atomic mass is 16.1. The van der Waals surface area contributed by atoms with Crippen molar-refractivity contribution in [3.63, 3.8) is 0 Å².